The van der Waals surface area contributed by atoms with Crippen molar-refractivity contribution in [3.8, 4) is 0 Å². The number of anilines is 1. The SMILES string of the molecule is Cc1cnc(Cl)nc1NCc1sccc1Br. The van der Waals surface area contributed by atoms with Crippen LogP contribution in [0.3, 0.4) is 0 Å². The second-order valence-corrected chi connectivity index (χ2v) is 5.41. The van der Waals surface area contributed by atoms with Gasteiger partial charge in [-0.15, -0.1) is 11.3 Å². The van der Waals surface area contributed by atoms with Gasteiger partial charge in [-0.2, -0.15) is 0 Å². The van der Waals surface area contributed by atoms with Crippen LogP contribution in [0.25, 0.3) is 0 Å². The van der Waals surface area contributed by atoms with Gasteiger partial charge < -0.3 is 5.32 Å². The molecule has 2 aromatic rings. The predicted octanol–water partition coefficient (Wildman–Crippen LogP) is 3.87. The molecule has 1 N–H and O–H groups in total. The molecule has 0 radical (unpaired) electrons. The summed E-state index contributed by atoms with van der Waals surface area (Å²) in [4.78, 5) is 9.27. The van der Waals surface area contributed by atoms with Crippen molar-refractivity contribution in [1.82, 2.24) is 9.97 Å². The molecule has 2 heterocycles. The first-order valence-corrected chi connectivity index (χ1v) is 6.67. The molecule has 0 unspecified atom stereocenters. The van der Waals surface area contributed by atoms with E-state index in [9.17, 15) is 0 Å². The lowest BCUT2D eigenvalue weighted by molar-refractivity contribution is 1.07. The van der Waals surface area contributed by atoms with Gasteiger partial charge in [0.05, 0.1) is 6.54 Å². The third kappa shape index (κ3) is 2.72. The van der Waals surface area contributed by atoms with Gasteiger partial charge in [-0.3, -0.25) is 0 Å². The largest absolute Gasteiger partial charge is 0.365 e. The summed E-state index contributed by atoms with van der Waals surface area (Å²) < 4.78 is 1.11. The van der Waals surface area contributed by atoms with Gasteiger partial charge in [0.25, 0.3) is 0 Å². The van der Waals surface area contributed by atoms with E-state index >= 15 is 0 Å². The summed E-state index contributed by atoms with van der Waals surface area (Å²) in [5.74, 6) is 0.778. The van der Waals surface area contributed by atoms with E-state index in [1.54, 1.807) is 17.5 Å². The molecule has 2 rings (SSSR count). The van der Waals surface area contributed by atoms with E-state index < -0.39 is 0 Å². The third-order valence-corrected chi connectivity index (χ3v) is 4.16. The van der Waals surface area contributed by atoms with Crippen LogP contribution in [0.5, 0.6) is 0 Å². The van der Waals surface area contributed by atoms with Crippen molar-refractivity contribution in [3.63, 3.8) is 0 Å². The topological polar surface area (TPSA) is 37.8 Å². The van der Waals surface area contributed by atoms with Crippen LogP contribution >= 0.6 is 38.9 Å². The fourth-order valence-corrected chi connectivity index (χ4v) is 2.78. The van der Waals surface area contributed by atoms with Crippen molar-refractivity contribution in [2.24, 2.45) is 0 Å². The summed E-state index contributed by atoms with van der Waals surface area (Å²) in [6.07, 6.45) is 1.71. The summed E-state index contributed by atoms with van der Waals surface area (Å²) in [6, 6.07) is 2.03. The van der Waals surface area contributed by atoms with Crippen molar-refractivity contribution < 1.29 is 0 Å². The van der Waals surface area contributed by atoms with Crippen molar-refractivity contribution >= 4 is 44.7 Å². The number of thiophene rings is 1. The number of nitrogens with zero attached hydrogens (tertiary/aromatic N) is 2. The maximum Gasteiger partial charge on any atom is 0.224 e. The molecular weight excluding hydrogens is 310 g/mol. The molecular formula is C10H9BrClN3S. The molecule has 0 aliphatic carbocycles. The Labute approximate surface area is 111 Å². The number of nitrogens with one attached hydrogen (secondary N) is 1. The second-order valence-electron chi connectivity index (χ2n) is 3.22. The Morgan fingerprint density at radius 2 is 2.38 bits per heavy atom. The minimum absolute atomic E-state index is 0.262. The summed E-state index contributed by atoms with van der Waals surface area (Å²) >= 11 is 10.9. The van der Waals surface area contributed by atoms with Crippen molar-refractivity contribution in [3.05, 3.63) is 37.8 Å². The minimum Gasteiger partial charge on any atom is -0.365 e. The monoisotopic (exact) mass is 317 g/mol. The Morgan fingerprint density at radius 1 is 1.56 bits per heavy atom. The maximum atomic E-state index is 5.74. The molecule has 0 aliphatic heterocycles. The van der Waals surface area contributed by atoms with Crippen LogP contribution in [-0.4, -0.2) is 9.97 Å². The second kappa shape index (κ2) is 5.12. The minimum atomic E-state index is 0.262. The van der Waals surface area contributed by atoms with E-state index in [0.717, 1.165) is 22.4 Å². The zero-order valence-corrected chi connectivity index (χ0v) is 11.7. The Kier molecular flexibility index (Phi) is 3.78. The van der Waals surface area contributed by atoms with Crippen molar-refractivity contribution in [2.45, 2.75) is 13.5 Å². The van der Waals surface area contributed by atoms with Crippen LogP contribution in [-0.2, 0) is 6.54 Å². The van der Waals surface area contributed by atoms with Gasteiger partial charge >= 0.3 is 0 Å². The van der Waals surface area contributed by atoms with Crippen LogP contribution in [0.4, 0.5) is 5.82 Å². The average Bonchev–Trinajstić information content (AvgIpc) is 2.66. The van der Waals surface area contributed by atoms with Crippen LogP contribution in [0.15, 0.2) is 22.1 Å². The standard InChI is InChI=1S/C10H9BrClN3S/c1-6-4-14-10(12)15-9(6)13-5-8-7(11)2-3-16-8/h2-4H,5H2,1H3,(H,13,14,15). The van der Waals surface area contributed by atoms with E-state index in [1.165, 1.54) is 4.88 Å². The zero-order chi connectivity index (χ0) is 11.5. The molecule has 0 aliphatic rings. The summed E-state index contributed by atoms with van der Waals surface area (Å²) in [7, 11) is 0. The normalized spacial score (nSPS) is 10.4. The van der Waals surface area contributed by atoms with E-state index in [2.05, 4.69) is 31.2 Å². The molecule has 6 heteroatoms. The Balaban J connectivity index is 2.10. The fraction of sp³-hybridized carbons (Fsp3) is 0.200. The molecule has 0 spiro atoms. The van der Waals surface area contributed by atoms with Crippen LogP contribution in [0.1, 0.15) is 10.4 Å². The van der Waals surface area contributed by atoms with Gasteiger partial charge in [-0.05, 0) is 45.9 Å². The first-order valence-electron chi connectivity index (χ1n) is 4.61. The van der Waals surface area contributed by atoms with Gasteiger partial charge in [-0.25, -0.2) is 9.97 Å². The molecule has 2 aromatic heterocycles. The lowest BCUT2D eigenvalue weighted by Crippen LogP contribution is -2.03. The highest BCUT2D eigenvalue weighted by Crippen LogP contribution is 2.24. The van der Waals surface area contributed by atoms with Crippen LogP contribution in [0.2, 0.25) is 5.28 Å². The summed E-state index contributed by atoms with van der Waals surface area (Å²) in [5.41, 5.74) is 0.983. The number of rotatable bonds is 3. The maximum absolute atomic E-state index is 5.74. The third-order valence-electron chi connectivity index (χ3n) is 2.05. The first-order chi connectivity index (χ1) is 7.66. The highest BCUT2D eigenvalue weighted by molar-refractivity contribution is 9.10. The van der Waals surface area contributed by atoms with E-state index in [0.29, 0.717) is 0 Å². The Bertz CT molecular complexity index is 501. The number of aryl methyl sites for hydroxylation is 1. The highest BCUT2D eigenvalue weighted by atomic mass is 79.9. The average molecular weight is 319 g/mol. The molecule has 0 aromatic carbocycles. The smallest absolute Gasteiger partial charge is 0.224 e. The molecule has 0 saturated heterocycles. The number of aromatic nitrogens is 2. The lowest BCUT2D eigenvalue weighted by Gasteiger charge is -2.07. The molecule has 0 amide bonds. The van der Waals surface area contributed by atoms with E-state index in [1.807, 2.05) is 18.4 Å². The van der Waals surface area contributed by atoms with Gasteiger partial charge in [-0.1, -0.05) is 0 Å². The zero-order valence-electron chi connectivity index (χ0n) is 8.50. The Hall–Kier alpha value is -0.650. The highest BCUT2D eigenvalue weighted by Gasteiger charge is 2.04. The predicted molar refractivity (Wildman–Crippen MR) is 71.1 cm³/mol. The van der Waals surface area contributed by atoms with Crippen molar-refractivity contribution in [1.29, 1.82) is 0 Å². The number of hydrogen-bond donors (Lipinski definition) is 1. The van der Waals surface area contributed by atoms with E-state index in [-0.39, 0.29) is 5.28 Å². The van der Waals surface area contributed by atoms with E-state index in [4.69, 9.17) is 11.6 Å². The lowest BCUT2D eigenvalue weighted by atomic mass is 10.3. The quantitative estimate of drug-likeness (QED) is 0.873. The Morgan fingerprint density at radius 3 is 3.06 bits per heavy atom. The van der Waals surface area contributed by atoms with Gasteiger partial charge in [0.15, 0.2) is 0 Å². The van der Waals surface area contributed by atoms with Crippen LogP contribution in [0, 0.1) is 6.92 Å². The molecule has 0 fully saturated rings. The molecule has 16 heavy (non-hydrogen) atoms. The number of halogens is 2. The summed E-state index contributed by atoms with van der Waals surface area (Å²) in [6.45, 7) is 2.68. The molecule has 0 atom stereocenters. The molecule has 0 bridgehead atoms. The molecule has 84 valence electrons. The molecule has 3 nitrogen and oxygen atoms in total. The fourth-order valence-electron chi connectivity index (χ4n) is 1.21. The molecule has 0 saturated carbocycles. The van der Waals surface area contributed by atoms with Crippen molar-refractivity contribution in [2.75, 3.05) is 5.32 Å². The first kappa shape index (κ1) is 11.8. The van der Waals surface area contributed by atoms with Crippen LogP contribution < -0.4 is 5.32 Å². The van der Waals surface area contributed by atoms with Gasteiger partial charge in [0.1, 0.15) is 5.82 Å². The van der Waals surface area contributed by atoms with Gasteiger partial charge in [0, 0.05) is 21.1 Å². The summed E-state index contributed by atoms with van der Waals surface area (Å²) in [5, 5.41) is 5.55. The number of hydrogen-bond acceptors (Lipinski definition) is 4. The van der Waals surface area contributed by atoms with Gasteiger partial charge in [0.2, 0.25) is 5.28 Å².